The molecule has 0 atom stereocenters. The minimum atomic E-state index is -0.113. The molecule has 0 bridgehead atoms. The summed E-state index contributed by atoms with van der Waals surface area (Å²) in [6.45, 7) is 7.94. The van der Waals surface area contributed by atoms with E-state index in [1.807, 2.05) is 24.4 Å². The Hall–Kier alpha value is -3.79. The Morgan fingerprint density at radius 2 is 1.66 bits per heavy atom. The maximum Gasteiger partial charge on any atom is 0.163 e. The summed E-state index contributed by atoms with van der Waals surface area (Å²) in [5.74, 6) is 0.437. The predicted octanol–water partition coefficient (Wildman–Crippen LogP) is 8.63. The van der Waals surface area contributed by atoms with E-state index < -0.39 is 0 Å². The summed E-state index contributed by atoms with van der Waals surface area (Å²) in [6, 6.07) is 29.0. The summed E-state index contributed by atoms with van der Waals surface area (Å²) in [5, 5.41) is 13.6. The third kappa shape index (κ3) is 5.26. The normalized spacial score (nSPS) is 10.9. The quantitative estimate of drug-likeness (QED) is 0.150. The molecule has 0 amide bonds. The van der Waals surface area contributed by atoms with Crippen molar-refractivity contribution in [1.82, 2.24) is 4.98 Å². The Bertz CT molecular complexity index is 1770. The van der Waals surface area contributed by atoms with Gasteiger partial charge in [-0.25, -0.2) is 0 Å². The van der Waals surface area contributed by atoms with Crippen LogP contribution in [0.5, 0.6) is 5.75 Å². The number of para-hydroxylation sites is 2. The van der Waals surface area contributed by atoms with E-state index in [2.05, 4.69) is 63.2 Å². The molecule has 0 aliphatic rings. The number of hydrogen-bond donors (Lipinski definition) is 1. The van der Waals surface area contributed by atoms with Gasteiger partial charge >= 0.3 is 0 Å². The summed E-state index contributed by atoms with van der Waals surface area (Å²) in [6.07, 6.45) is 1.88. The number of aromatic nitrogens is 1. The van der Waals surface area contributed by atoms with Crippen LogP contribution in [0, 0.1) is 13.0 Å². The van der Waals surface area contributed by atoms with Crippen molar-refractivity contribution in [2.45, 2.75) is 33.6 Å². The van der Waals surface area contributed by atoms with Crippen molar-refractivity contribution in [2.24, 2.45) is 0 Å². The molecule has 4 nitrogen and oxygen atoms in total. The molecule has 6 rings (SSSR count). The number of ketones is 1. The second-order valence-corrected chi connectivity index (χ2v) is 9.54. The fourth-order valence-corrected chi connectivity index (χ4v) is 4.59. The average Bonchev–Trinajstić information content (AvgIpc) is 3.26. The van der Waals surface area contributed by atoms with Gasteiger partial charge in [0.05, 0.1) is 11.1 Å². The Balaban J connectivity index is 0.000000260. The maximum atomic E-state index is 10.7. The number of aromatic hydroxyl groups is 1. The van der Waals surface area contributed by atoms with E-state index in [-0.39, 0.29) is 31.6 Å². The number of Topliss-reactive ketones (excluding diaryl/α,β-unsaturated/α-hetero) is 1. The van der Waals surface area contributed by atoms with E-state index >= 15 is 0 Å². The standard InChI is InChI=1S/C25H20NO.C8H8O2.Ir/c1-15(2)17-8-9-19-18(14-17)10-11-26-24(19)22-13-16(3)12-21-20-6-4-5-7-23(20)27-25(21)22;1-6(9)7-4-2-3-5-8(7)10;/h4-12,14-15H,1-3H3;2-5,10H,1H3;/q-1;;. The molecule has 2 heterocycles. The SMILES string of the molecule is CC(=O)c1ccccc1O.Cc1[c-]c(-c2nccc3cc(C(C)C)ccc23)c2oc3ccccc3c2c1.[Ir]. The number of phenols is 1. The van der Waals surface area contributed by atoms with E-state index in [0.717, 1.165) is 44.1 Å². The number of aryl methyl sites for hydroxylation is 1. The Morgan fingerprint density at radius 1 is 0.921 bits per heavy atom. The first-order valence-electron chi connectivity index (χ1n) is 12.4. The largest absolute Gasteiger partial charge is 0.507 e. The maximum absolute atomic E-state index is 10.7. The molecule has 6 aromatic rings. The monoisotopic (exact) mass is 679 g/mol. The second kappa shape index (κ2) is 11.3. The molecule has 193 valence electrons. The summed E-state index contributed by atoms with van der Waals surface area (Å²) >= 11 is 0. The zero-order chi connectivity index (χ0) is 26.1. The molecule has 0 saturated heterocycles. The Labute approximate surface area is 235 Å². The third-order valence-electron chi connectivity index (χ3n) is 6.52. The van der Waals surface area contributed by atoms with Crippen LogP contribution in [0.2, 0.25) is 0 Å². The van der Waals surface area contributed by atoms with Crippen molar-refractivity contribution in [3.05, 3.63) is 108 Å². The topological polar surface area (TPSA) is 63.3 Å². The molecule has 1 N–H and O–H groups in total. The molecule has 38 heavy (non-hydrogen) atoms. The minimum Gasteiger partial charge on any atom is -0.507 e. The van der Waals surface area contributed by atoms with Gasteiger partial charge < -0.3 is 14.5 Å². The number of rotatable bonds is 3. The van der Waals surface area contributed by atoms with Crippen LogP contribution in [0.4, 0.5) is 0 Å². The number of nitrogens with zero attached hydrogens (tertiary/aromatic N) is 1. The molecule has 4 aromatic carbocycles. The molecule has 1 radical (unpaired) electrons. The number of benzene rings is 4. The molecule has 0 aliphatic carbocycles. The summed E-state index contributed by atoms with van der Waals surface area (Å²) in [7, 11) is 0. The third-order valence-corrected chi connectivity index (χ3v) is 6.52. The first kappa shape index (κ1) is 27.2. The average molecular weight is 679 g/mol. The first-order valence-corrected chi connectivity index (χ1v) is 12.4. The van der Waals surface area contributed by atoms with Gasteiger partial charge in [0.15, 0.2) is 5.78 Å². The van der Waals surface area contributed by atoms with E-state index in [4.69, 9.17) is 14.5 Å². The van der Waals surface area contributed by atoms with Crippen molar-refractivity contribution in [2.75, 3.05) is 0 Å². The van der Waals surface area contributed by atoms with Crippen LogP contribution >= 0.6 is 0 Å². The van der Waals surface area contributed by atoms with Crippen LogP contribution in [0.15, 0.2) is 89.5 Å². The van der Waals surface area contributed by atoms with Crippen LogP contribution in [0.1, 0.15) is 48.2 Å². The number of phenolic OH excluding ortho intramolecular Hbond substituents is 1. The fraction of sp³-hybridized carbons (Fsp3) is 0.152. The number of carbonyl (C=O) groups excluding carboxylic acids is 1. The smallest absolute Gasteiger partial charge is 0.163 e. The van der Waals surface area contributed by atoms with Crippen molar-refractivity contribution >= 4 is 38.5 Å². The van der Waals surface area contributed by atoms with E-state index in [0.29, 0.717) is 11.5 Å². The molecule has 2 aromatic heterocycles. The van der Waals surface area contributed by atoms with Crippen LogP contribution in [0.3, 0.4) is 0 Å². The number of hydrogen-bond acceptors (Lipinski definition) is 4. The van der Waals surface area contributed by atoms with Crippen LogP contribution in [-0.2, 0) is 20.1 Å². The number of furan rings is 1. The van der Waals surface area contributed by atoms with E-state index in [1.54, 1.807) is 18.2 Å². The Morgan fingerprint density at radius 3 is 2.37 bits per heavy atom. The van der Waals surface area contributed by atoms with E-state index in [1.165, 1.54) is 23.9 Å². The number of fused-ring (bicyclic) bond motifs is 4. The van der Waals surface area contributed by atoms with Gasteiger partial charge in [0, 0.05) is 31.7 Å². The zero-order valence-corrected chi connectivity index (χ0v) is 24.1. The summed E-state index contributed by atoms with van der Waals surface area (Å²) in [5.41, 5.74) is 6.41. The molecule has 5 heteroatoms. The summed E-state index contributed by atoms with van der Waals surface area (Å²) in [4.78, 5) is 15.4. The van der Waals surface area contributed by atoms with Gasteiger partial charge in [0.2, 0.25) is 0 Å². The Kier molecular flexibility index (Phi) is 8.11. The van der Waals surface area contributed by atoms with Crippen LogP contribution < -0.4 is 0 Å². The van der Waals surface area contributed by atoms with Gasteiger partial charge in [-0.15, -0.1) is 17.7 Å². The molecule has 0 aliphatic heterocycles. The minimum absolute atomic E-state index is 0. The van der Waals surface area contributed by atoms with Gasteiger partial charge in [-0.3, -0.25) is 4.79 Å². The number of pyridine rings is 1. The van der Waals surface area contributed by atoms with Gasteiger partial charge in [-0.05, 0) is 59.1 Å². The van der Waals surface area contributed by atoms with Crippen molar-refractivity contribution in [3.8, 4) is 17.0 Å². The first-order chi connectivity index (χ1) is 17.8. The second-order valence-electron chi connectivity index (χ2n) is 9.54. The molecular formula is C33H28IrNO3-. The molecule has 0 unspecified atom stereocenters. The van der Waals surface area contributed by atoms with Crippen molar-refractivity contribution in [3.63, 3.8) is 0 Å². The predicted molar refractivity (Wildman–Crippen MR) is 150 cm³/mol. The van der Waals surface area contributed by atoms with Gasteiger partial charge in [-0.2, -0.15) is 0 Å². The van der Waals surface area contributed by atoms with Gasteiger partial charge in [-0.1, -0.05) is 80.3 Å². The molecular weight excluding hydrogens is 651 g/mol. The van der Waals surface area contributed by atoms with Crippen LogP contribution in [-0.4, -0.2) is 15.9 Å². The fourth-order valence-electron chi connectivity index (χ4n) is 4.59. The van der Waals surface area contributed by atoms with Crippen molar-refractivity contribution < 1.29 is 34.4 Å². The molecule has 0 fully saturated rings. The molecule has 0 spiro atoms. The van der Waals surface area contributed by atoms with Gasteiger partial charge in [0.1, 0.15) is 11.3 Å². The molecule has 0 saturated carbocycles. The summed E-state index contributed by atoms with van der Waals surface area (Å²) < 4.78 is 6.23. The van der Waals surface area contributed by atoms with Gasteiger partial charge in [0.25, 0.3) is 0 Å². The van der Waals surface area contributed by atoms with Crippen molar-refractivity contribution in [1.29, 1.82) is 0 Å². The van der Waals surface area contributed by atoms with E-state index in [9.17, 15) is 4.79 Å². The zero-order valence-electron chi connectivity index (χ0n) is 21.7. The van der Waals surface area contributed by atoms with Crippen LogP contribution in [0.25, 0.3) is 44.0 Å². The number of carbonyl (C=O) groups is 1.